The lowest BCUT2D eigenvalue weighted by atomic mass is 9.79. The van der Waals surface area contributed by atoms with Crippen LogP contribution in [0.4, 0.5) is 0 Å². The van der Waals surface area contributed by atoms with Crippen molar-refractivity contribution in [3.8, 4) is 0 Å². The average molecular weight is 304 g/mol. The van der Waals surface area contributed by atoms with Crippen LogP contribution in [0.15, 0.2) is 23.4 Å². The fraction of sp³-hybridized carbons (Fsp3) is 0.250. The van der Waals surface area contributed by atoms with Gasteiger partial charge in [-0.05, 0) is 24.6 Å². The van der Waals surface area contributed by atoms with Gasteiger partial charge in [0.2, 0.25) is 5.78 Å². The van der Waals surface area contributed by atoms with E-state index in [1.807, 2.05) is 0 Å². The smallest absolute Gasteiger partial charge is 0.304 e. The van der Waals surface area contributed by atoms with E-state index in [4.69, 9.17) is 21.9 Å². The standard InChI is InChI=1S/C12H10ClNO4.ClH/c1-12(5-9(15)16)8-3-2-6(13)4-7(8)10(17)11(12)14-18;/h2-4,18H,5H2,1H3,(H,15,16);1H/b14-11-;. The Morgan fingerprint density at radius 3 is 2.63 bits per heavy atom. The highest BCUT2D eigenvalue weighted by molar-refractivity contribution is 6.52. The number of benzene rings is 1. The van der Waals surface area contributed by atoms with Crippen molar-refractivity contribution in [1.82, 2.24) is 0 Å². The van der Waals surface area contributed by atoms with Crippen molar-refractivity contribution in [2.45, 2.75) is 18.8 Å². The second-order valence-corrected chi connectivity index (χ2v) is 4.81. The van der Waals surface area contributed by atoms with Crippen LogP contribution in [-0.4, -0.2) is 27.8 Å². The zero-order valence-corrected chi connectivity index (χ0v) is 11.5. The Morgan fingerprint density at radius 1 is 1.47 bits per heavy atom. The first-order valence-corrected chi connectivity index (χ1v) is 5.57. The zero-order valence-electron chi connectivity index (χ0n) is 9.88. The molecule has 0 spiro atoms. The van der Waals surface area contributed by atoms with E-state index in [1.165, 1.54) is 6.07 Å². The number of hydrogen-bond acceptors (Lipinski definition) is 4. The number of carboxylic acid groups (broad SMARTS) is 1. The predicted molar refractivity (Wildman–Crippen MR) is 71.9 cm³/mol. The number of aliphatic carboxylic acids is 1. The maximum atomic E-state index is 12.0. The van der Waals surface area contributed by atoms with Crippen LogP contribution in [0.2, 0.25) is 5.02 Å². The molecule has 0 aromatic heterocycles. The first kappa shape index (κ1) is 15.5. The molecule has 19 heavy (non-hydrogen) atoms. The maximum Gasteiger partial charge on any atom is 0.304 e. The van der Waals surface area contributed by atoms with Gasteiger partial charge in [-0.25, -0.2) is 0 Å². The number of ketones is 1. The third-order valence-electron chi connectivity index (χ3n) is 3.16. The minimum absolute atomic E-state index is 0. The van der Waals surface area contributed by atoms with E-state index in [0.29, 0.717) is 16.1 Å². The summed E-state index contributed by atoms with van der Waals surface area (Å²) in [4.78, 5) is 23.0. The van der Waals surface area contributed by atoms with Gasteiger partial charge in [-0.15, -0.1) is 12.4 Å². The molecule has 0 saturated heterocycles. The van der Waals surface area contributed by atoms with Crippen LogP contribution in [0, 0.1) is 0 Å². The van der Waals surface area contributed by atoms with Gasteiger partial charge in [-0.2, -0.15) is 0 Å². The van der Waals surface area contributed by atoms with Crippen LogP contribution in [0.1, 0.15) is 29.3 Å². The minimum atomic E-state index is -1.13. The van der Waals surface area contributed by atoms with Crippen LogP contribution in [0.5, 0.6) is 0 Å². The van der Waals surface area contributed by atoms with E-state index in [2.05, 4.69) is 5.16 Å². The van der Waals surface area contributed by atoms with Gasteiger partial charge in [0.1, 0.15) is 5.71 Å². The summed E-state index contributed by atoms with van der Waals surface area (Å²) in [5, 5.41) is 21.3. The number of fused-ring (bicyclic) bond motifs is 1. The molecule has 7 heteroatoms. The summed E-state index contributed by atoms with van der Waals surface area (Å²) in [5.41, 5.74) is -0.481. The van der Waals surface area contributed by atoms with Gasteiger partial charge in [0.05, 0.1) is 11.8 Å². The molecular formula is C12H11Cl2NO4. The minimum Gasteiger partial charge on any atom is -0.481 e. The Bertz CT molecular complexity index is 585. The highest BCUT2D eigenvalue weighted by atomic mass is 35.5. The van der Waals surface area contributed by atoms with Crippen LogP contribution >= 0.6 is 24.0 Å². The monoisotopic (exact) mass is 303 g/mol. The Balaban J connectivity index is 0.00000180. The van der Waals surface area contributed by atoms with E-state index < -0.39 is 17.2 Å². The van der Waals surface area contributed by atoms with Crippen molar-refractivity contribution in [2.75, 3.05) is 0 Å². The molecule has 0 heterocycles. The average Bonchev–Trinajstić information content (AvgIpc) is 2.46. The first-order valence-electron chi connectivity index (χ1n) is 5.19. The van der Waals surface area contributed by atoms with Gasteiger partial charge in [-0.3, -0.25) is 9.59 Å². The number of rotatable bonds is 2. The topological polar surface area (TPSA) is 87.0 Å². The normalized spacial score (nSPS) is 23.1. The summed E-state index contributed by atoms with van der Waals surface area (Å²) >= 11 is 5.81. The quantitative estimate of drug-likeness (QED) is 0.649. The van der Waals surface area contributed by atoms with E-state index in [0.717, 1.165) is 0 Å². The van der Waals surface area contributed by atoms with Crippen molar-refractivity contribution in [3.63, 3.8) is 0 Å². The number of nitrogens with zero attached hydrogens (tertiary/aromatic N) is 1. The third-order valence-corrected chi connectivity index (χ3v) is 3.40. The number of Topliss-reactive ketones (excluding diaryl/α,β-unsaturated/α-hetero) is 1. The Morgan fingerprint density at radius 2 is 2.11 bits per heavy atom. The molecular weight excluding hydrogens is 293 g/mol. The molecule has 1 atom stereocenters. The van der Waals surface area contributed by atoms with Gasteiger partial charge >= 0.3 is 5.97 Å². The summed E-state index contributed by atoms with van der Waals surface area (Å²) in [6.45, 7) is 1.56. The van der Waals surface area contributed by atoms with Gasteiger partial charge in [0.15, 0.2) is 0 Å². The number of carboxylic acids is 1. The molecule has 1 aromatic rings. The molecule has 5 nitrogen and oxygen atoms in total. The molecule has 2 rings (SSSR count). The summed E-state index contributed by atoms with van der Waals surface area (Å²) in [6.07, 6.45) is -0.327. The van der Waals surface area contributed by atoms with Crippen LogP contribution in [-0.2, 0) is 10.2 Å². The van der Waals surface area contributed by atoms with Crippen molar-refractivity contribution >= 4 is 41.5 Å². The largest absolute Gasteiger partial charge is 0.481 e. The van der Waals surface area contributed by atoms with E-state index in [1.54, 1.807) is 19.1 Å². The Kier molecular flexibility index (Phi) is 4.22. The summed E-state index contributed by atoms with van der Waals surface area (Å²) in [7, 11) is 0. The lowest BCUT2D eigenvalue weighted by Gasteiger charge is -2.22. The van der Waals surface area contributed by atoms with E-state index in [-0.39, 0.29) is 24.5 Å². The second kappa shape index (κ2) is 5.19. The highest BCUT2D eigenvalue weighted by Gasteiger charge is 2.48. The fourth-order valence-corrected chi connectivity index (χ4v) is 2.50. The molecule has 0 saturated carbocycles. The number of hydrogen-bond donors (Lipinski definition) is 2. The molecule has 0 fully saturated rings. The Hall–Kier alpha value is -1.59. The van der Waals surface area contributed by atoms with Gasteiger partial charge in [0, 0.05) is 10.6 Å². The zero-order chi connectivity index (χ0) is 13.5. The third kappa shape index (κ3) is 2.31. The lowest BCUT2D eigenvalue weighted by Crippen LogP contribution is -2.33. The molecule has 0 amide bonds. The second-order valence-electron chi connectivity index (χ2n) is 4.37. The van der Waals surface area contributed by atoms with E-state index in [9.17, 15) is 9.59 Å². The fourth-order valence-electron chi connectivity index (χ4n) is 2.33. The molecule has 1 unspecified atom stereocenters. The Labute approximate surface area is 120 Å². The van der Waals surface area contributed by atoms with Crippen LogP contribution in [0.25, 0.3) is 0 Å². The molecule has 0 radical (unpaired) electrons. The van der Waals surface area contributed by atoms with Gasteiger partial charge < -0.3 is 10.3 Å². The number of oxime groups is 1. The number of carbonyl (C=O) groups is 2. The molecule has 1 aromatic carbocycles. The summed E-state index contributed by atoms with van der Waals surface area (Å²) < 4.78 is 0. The van der Waals surface area contributed by atoms with Crippen molar-refractivity contribution in [3.05, 3.63) is 34.3 Å². The molecule has 102 valence electrons. The SMILES string of the molecule is CC1(CC(=O)O)/C(=N\O)C(=O)c2cc(Cl)ccc21.Cl. The van der Waals surface area contributed by atoms with Crippen LogP contribution in [0.3, 0.4) is 0 Å². The highest BCUT2D eigenvalue weighted by Crippen LogP contribution is 2.40. The number of carbonyl (C=O) groups excluding carboxylic acids is 1. The van der Waals surface area contributed by atoms with Crippen molar-refractivity contribution in [2.24, 2.45) is 5.16 Å². The number of halogens is 2. The van der Waals surface area contributed by atoms with Gasteiger partial charge in [-0.1, -0.05) is 22.8 Å². The summed E-state index contributed by atoms with van der Waals surface area (Å²) in [5.74, 6) is -1.56. The van der Waals surface area contributed by atoms with Gasteiger partial charge in [0.25, 0.3) is 0 Å². The molecule has 2 N–H and O–H groups in total. The molecule has 1 aliphatic rings. The lowest BCUT2D eigenvalue weighted by molar-refractivity contribution is -0.137. The molecule has 0 aliphatic heterocycles. The predicted octanol–water partition coefficient (Wildman–Crippen LogP) is 2.52. The first-order chi connectivity index (χ1) is 8.40. The maximum absolute atomic E-state index is 12.0. The van der Waals surface area contributed by atoms with Crippen molar-refractivity contribution in [1.29, 1.82) is 0 Å². The van der Waals surface area contributed by atoms with Crippen LogP contribution < -0.4 is 0 Å². The molecule has 0 bridgehead atoms. The van der Waals surface area contributed by atoms with Crippen molar-refractivity contribution < 1.29 is 19.9 Å². The summed E-state index contributed by atoms with van der Waals surface area (Å²) in [6, 6.07) is 4.63. The van der Waals surface area contributed by atoms with E-state index >= 15 is 0 Å². The molecule has 1 aliphatic carbocycles.